The summed E-state index contributed by atoms with van der Waals surface area (Å²) in [4.78, 5) is 11.6. The fourth-order valence-corrected chi connectivity index (χ4v) is 1.27. The molecule has 0 saturated heterocycles. The molecule has 1 atom stereocenters. The molecular formula is C11H16O. The van der Waals surface area contributed by atoms with E-state index < -0.39 is 0 Å². The van der Waals surface area contributed by atoms with Gasteiger partial charge in [-0.15, -0.1) is 0 Å². The summed E-state index contributed by atoms with van der Waals surface area (Å²) in [6.45, 7) is 4.04. The van der Waals surface area contributed by atoms with Gasteiger partial charge in [-0.2, -0.15) is 0 Å². The Morgan fingerprint density at radius 3 is 2.83 bits per heavy atom. The lowest BCUT2D eigenvalue weighted by Crippen LogP contribution is -2.12. The van der Waals surface area contributed by atoms with Crippen LogP contribution in [0.2, 0.25) is 0 Å². The fourth-order valence-electron chi connectivity index (χ4n) is 1.27. The monoisotopic (exact) mass is 164 g/mol. The highest BCUT2D eigenvalue weighted by Gasteiger charge is 2.14. The number of ketones is 1. The Morgan fingerprint density at radius 2 is 2.33 bits per heavy atom. The van der Waals surface area contributed by atoms with Gasteiger partial charge in [0.05, 0.1) is 0 Å². The normalized spacial score (nSPS) is 18.7. The molecule has 1 aliphatic rings. The molecule has 12 heavy (non-hydrogen) atoms. The quantitative estimate of drug-likeness (QED) is 0.626. The van der Waals surface area contributed by atoms with Crippen molar-refractivity contribution in [1.82, 2.24) is 0 Å². The first kappa shape index (κ1) is 9.24. The molecule has 1 aliphatic carbocycles. The highest BCUT2D eigenvalue weighted by molar-refractivity contribution is 5.99. The number of carbonyl (C=O) groups is 1. The fraction of sp³-hybridized carbons (Fsp3) is 0.545. The molecule has 0 aliphatic heterocycles. The molecule has 0 saturated carbocycles. The van der Waals surface area contributed by atoms with Crippen molar-refractivity contribution in [1.29, 1.82) is 0 Å². The minimum Gasteiger partial charge on any atom is -0.294 e. The van der Waals surface area contributed by atoms with Crippen molar-refractivity contribution in [3.05, 3.63) is 23.8 Å². The lowest BCUT2D eigenvalue weighted by atomic mass is 9.94. The second-order valence-corrected chi connectivity index (χ2v) is 3.31. The maximum Gasteiger partial charge on any atom is 0.165 e. The predicted molar refractivity (Wildman–Crippen MR) is 50.9 cm³/mol. The van der Waals surface area contributed by atoms with Crippen LogP contribution in [0.25, 0.3) is 0 Å². The highest BCUT2D eigenvalue weighted by atomic mass is 16.1. The Kier molecular flexibility index (Phi) is 3.27. The maximum atomic E-state index is 11.6. The molecule has 1 unspecified atom stereocenters. The molecule has 0 fully saturated rings. The summed E-state index contributed by atoms with van der Waals surface area (Å²) in [6, 6.07) is 0. The van der Waals surface area contributed by atoms with Gasteiger partial charge in [-0.3, -0.25) is 4.79 Å². The van der Waals surface area contributed by atoms with Gasteiger partial charge in [0.2, 0.25) is 0 Å². The van der Waals surface area contributed by atoms with Gasteiger partial charge in [0.25, 0.3) is 0 Å². The van der Waals surface area contributed by atoms with E-state index in [9.17, 15) is 4.79 Å². The van der Waals surface area contributed by atoms with E-state index in [1.165, 1.54) is 0 Å². The third kappa shape index (κ3) is 2.07. The summed E-state index contributed by atoms with van der Waals surface area (Å²) in [6.07, 6.45) is 9.12. The lowest BCUT2D eigenvalue weighted by molar-refractivity contribution is -0.118. The van der Waals surface area contributed by atoms with E-state index in [4.69, 9.17) is 0 Å². The standard InChI is InChI=1S/C11H16O/c1-3-9(2)11(12)10-7-5-4-6-8-10/h5,7-9H,3-4,6H2,1-2H3. The summed E-state index contributed by atoms with van der Waals surface area (Å²) in [5, 5.41) is 0. The van der Waals surface area contributed by atoms with E-state index in [2.05, 4.69) is 19.1 Å². The van der Waals surface area contributed by atoms with Crippen LogP contribution in [0.4, 0.5) is 0 Å². The Bertz CT molecular complexity index is 223. The van der Waals surface area contributed by atoms with Gasteiger partial charge in [-0.25, -0.2) is 0 Å². The number of hydrogen-bond donors (Lipinski definition) is 0. The topological polar surface area (TPSA) is 17.1 Å². The van der Waals surface area contributed by atoms with Gasteiger partial charge < -0.3 is 0 Å². The van der Waals surface area contributed by atoms with Crippen molar-refractivity contribution in [2.24, 2.45) is 5.92 Å². The molecule has 0 spiro atoms. The minimum atomic E-state index is 0.180. The van der Waals surface area contributed by atoms with Crippen LogP contribution in [0.3, 0.4) is 0 Å². The molecule has 1 heteroatoms. The van der Waals surface area contributed by atoms with Gasteiger partial charge >= 0.3 is 0 Å². The molecule has 66 valence electrons. The van der Waals surface area contributed by atoms with E-state index in [-0.39, 0.29) is 5.92 Å². The third-order valence-electron chi connectivity index (χ3n) is 2.34. The second-order valence-electron chi connectivity index (χ2n) is 3.31. The number of Topliss-reactive ketones (excluding diaryl/α,β-unsaturated/α-hetero) is 1. The molecule has 0 bridgehead atoms. The SMILES string of the molecule is CCC(C)C(=O)C1=CCCC=C1. The Hall–Kier alpha value is -0.850. The van der Waals surface area contributed by atoms with Crippen LogP contribution in [-0.2, 0) is 4.79 Å². The average Bonchev–Trinajstić information content (AvgIpc) is 2.17. The van der Waals surface area contributed by atoms with Crippen molar-refractivity contribution < 1.29 is 4.79 Å². The van der Waals surface area contributed by atoms with E-state index in [1.807, 2.05) is 13.0 Å². The summed E-state index contributed by atoms with van der Waals surface area (Å²) < 4.78 is 0. The van der Waals surface area contributed by atoms with Crippen molar-refractivity contribution in [3.63, 3.8) is 0 Å². The predicted octanol–water partition coefficient (Wildman–Crippen LogP) is 2.88. The molecule has 0 radical (unpaired) electrons. The van der Waals surface area contributed by atoms with Crippen LogP contribution in [0, 0.1) is 5.92 Å². The van der Waals surface area contributed by atoms with Gasteiger partial charge in [-0.05, 0) is 19.3 Å². The van der Waals surface area contributed by atoms with Gasteiger partial charge in [0.15, 0.2) is 5.78 Å². The number of hydrogen-bond acceptors (Lipinski definition) is 1. The lowest BCUT2D eigenvalue weighted by Gasteiger charge is -2.10. The zero-order chi connectivity index (χ0) is 8.97. The molecule has 0 N–H and O–H groups in total. The molecule has 0 heterocycles. The molecule has 1 nitrogen and oxygen atoms in total. The largest absolute Gasteiger partial charge is 0.294 e. The van der Waals surface area contributed by atoms with Crippen molar-refractivity contribution >= 4 is 5.78 Å². The van der Waals surface area contributed by atoms with E-state index >= 15 is 0 Å². The van der Waals surface area contributed by atoms with E-state index in [1.54, 1.807) is 0 Å². The van der Waals surface area contributed by atoms with Crippen LogP contribution in [0.15, 0.2) is 23.8 Å². The molecular weight excluding hydrogens is 148 g/mol. The molecule has 0 aromatic heterocycles. The molecule has 1 rings (SSSR count). The third-order valence-corrected chi connectivity index (χ3v) is 2.34. The summed E-state index contributed by atoms with van der Waals surface area (Å²) in [5.74, 6) is 0.479. The van der Waals surface area contributed by atoms with Crippen LogP contribution in [0.5, 0.6) is 0 Å². The number of carbonyl (C=O) groups excluding carboxylic acids is 1. The summed E-state index contributed by atoms with van der Waals surface area (Å²) in [5.41, 5.74) is 0.913. The average molecular weight is 164 g/mol. The molecule has 0 amide bonds. The minimum absolute atomic E-state index is 0.180. The van der Waals surface area contributed by atoms with Crippen molar-refractivity contribution in [3.8, 4) is 0 Å². The first-order valence-corrected chi connectivity index (χ1v) is 4.66. The highest BCUT2D eigenvalue weighted by Crippen LogP contribution is 2.16. The van der Waals surface area contributed by atoms with E-state index in [0.717, 1.165) is 24.8 Å². The number of allylic oxidation sites excluding steroid dienone is 4. The van der Waals surface area contributed by atoms with Gasteiger partial charge in [-0.1, -0.05) is 32.1 Å². The zero-order valence-corrected chi connectivity index (χ0v) is 7.84. The van der Waals surface area contributed by atoms with Gasteiger partial charge in [0.1, 0.15) is 0 Å². The van der Waals surface area contributed by atoms with Crippen LogP contribution < -0.4 is 0 Å². The smallest absolute Gasteiger partial charge is 0.165 e. The van der Waals surface area contributed by atoms with Gasteiger partial charge in [0, 0.05) is 11.5 Å². The van der Waals surface area contributed by atoms with Crippen molar-refractivity contribution in [2.45, 2.75) is 33.1 Å². The summed E-state index contributed by atoms with van der Waals surface area (Å²) >= 11 is 0. The van der Waals surface area contributed by atoms with Crippen molar-refractivity contribution in [2.75, 3.05) is 0 Å². The Balaban J connectivity index is 2.63. The van der Waals surface area contributed by atoms with Crippen LogP contribution >= 0.6 is 0 Å². The summed E-state index contributed by atoms with van der Waals surface area (Å²) in [7, 11) is 0. The molecule has 0 aromatic carbocycles. The first-order chi connectivity index (χ1) is 5.75. The Morgan fingerprint density at radius 1 is 1.58 bits per heavy atom. The number of rotatable bonds is 3. The van der Waals surface area contributed by atoms with Crippen LogP contribution in [-0.4, -0.2) is 5.78 Å². The van der Waals surface area contributed by atoms with E-state index in [0.29, 0.717) is 5.78 Å². The second kappa shape index (κ2) is 4.24. The van der Waals surface area contributed by atoms with Crippen LogP contribution in [0.1, 0.15) is 33.1 Å². The molecule has 0 aromatic rings. The Labute approximate surface area is 74.2 Å². The zero-order valence-electron chi connectivity index (χ0n) is 7.84. The first-order valence-electron chi connectivity index (χ1n) is 4.66. The maximum absolute atomic E-state index is 11.6.